The number of hydrogen-bond acceptors (Lipinski definition) is 2. The van der Waals surface area contributed by atoms with Crippen molar-refractivity contribution in [1.82, 2.24) is 10.2 Å². The number of imide groups is 1. The highest BCUT2D eigenvalue weighted by Crippen LogP contribution is 2.32. The molecule has 2 aromatic rings. The minimum absolute atomic E-state index is 0.111. The molecule has 2 aromatic carbocycles. The van der Waals surface area contributed by atoms with Crippen molar-refractivity contribution < 1.29 is 27.7 Å². The van der Waals surface area contributed by atoms with Crippen LogP contribution in [0.1, 0.15) is 30.0 Å². The lowest BCUT2D eigenvalue weighted by atomic mass is 9.87. The van der Waals surface area contributed by atoms with Crippen LogP contribution < -0.4 is 10.2 Å². The second-order valence-electron chi connectivity index (χ2n) is 7.27. The van der Waals surface area contributed by atoms with Gasteiger partial charge >= 0.3 is 12.2 Å². The highest BCUT2D eigenvalue weighted by molar-refractivity contribution is 6.07. The molecule has 0 spiro atoms. The molecule has 0 aromatic heterocycles. The summed E-state index contributed by atoms with van der Waals surface area (Å²) >= 11 is 0. The lowest BCUT2D eigenvalue weighted by Crippen LogP contribution is -3.09. The van der Waals surface area contributed by atoms with Crippen LogP contribution in [0.5, 0.6) is 0 Å². The van der Waals surface area contributed by atoms with E-state index in [1.54, 1.807) is 7.05 Å². The van der Waals surface area contributed by atoms with Crippen LogP contribution >= 0.6 is 0 Å². The largest absolute Gasteiger partial charge is 0.416 e. The molecule has 0 aliphatic carbocycles. The van der Waals surface area contributed by atoms with Crippen molar-refractivity contribution in [2.75, 3.05) is 13.7 Å². The van der Waals surface area contributed by atoms with Gasteiger partial charge < -0.3 is 10.2 Å². The average molecular weight is 406 g/mol. The van der Waals surface area contributed by atoms with Gasteiger partial charge in [0.1, 0.15) is 12.1 Å². The second kappa shape index (κ2) is 7.87. The third-order valence-electron chi connectivity index (χ3n) is 5.19. The van der Waals surface area contributed by atoms with Crippen molar-refractivity contribution in [2.45, 2.75) is 31.6 Å². The molecule has 1 heterocycles. The normalized spacial score (nSPS) is 20.7. The van der Waals surface area contributed by atoms with Gasteiger partial charge in [0.2, 0.25) is 0 Å². The molecule has 5 nitrogen and oxygen atoms in total. The zero-order valence-corrected chi connectivity index (χ0v) is 16.2. The van der Waals surface area contributed by atoms with Gasteiger partial charge in [-0.3, -0.25) is 4.79 Å². The number of nitrogens with one attached hydrogen (secondary N) is 2. The summed E-state index contributed by atoms with van der Waals surface area (Å²) in [5, 5.41) is 2.83. The molecule has 3 amide bonds. The lowest BCUT2D eigenvalue weighted by molar-refractivity contribution is -0.901. The maximum atomic E-state index is 13.1. The monoisotopic (exact) mass is 406 g/mol. The van der Waals surface area contributed by atoms with Crippen LogP contribution in [0.25, 0.3) is 0 Å². The van der Waals surface area contributed by atoms with Crippen LogP contribution in [-0.4, -0.2) is 30.6 Å². The minimum Gasteiger partial charge on any atom is -0.319 e. The molecular weight excluding hydrogens is 383 g/mol. The molecule has 2 atom stereocenters. The first-order valence-electron chi connectivity index (χ1n) is 9.34. The van der Waals surface area contributed by atoms with Crippen molar-refractivity contribution in [1.29, 1.82) is 0 Å². The van der Waals surface area contributed by atoms with Gasteiger partial charge in [0.05, 0.1) is 12.6 Å². The van der Waals surface area contributed by atoms with E-state index in [0.717, 1.165) is 22.6 Å². The van der Waals surface area contributed by atoms with Crippen LogP contribution in [0.2, 0.25) is 0 Å². The first-order valence-corrected chi connectivity index (χ1v) is 9.34. The molecule has 2 N–H and O–H groups in total. The number of alkyl halides is 3. The van der Waals surface area contributed by atoms with Gasteiger partial charge in [-0.15, -0.1) is 0 Å². The minimum atomic E-state index is -4.38. The van der Waals surface area contributed by atoms with E-state index in [9.17, 15) is 22.8 Å². The molecule has 29 heavy (non-hydrogen) atoms. The first kappa shape index (κ1) is 20.9. The van der Waals surface area contributed by atoms with Gasteiger partial charge in [0.25, 0.3) is 5.91 Å². The highest BCUT2D eigenvalue weighted by Gasteiger charge is 2.52. The third kappa shape index (κ3) is 4.12. The summed E-state index contributed by atoms with van der Waals surface area (Å²) in [6, 6.07) is 13.5. The Labute approximate surface area is 167 Å². The van der Waals surface area contributed by atoms with E-state index in [1.807, 2.05) is 37.3 Å². The molecule has 1 saturated heterocycles. The standard InChI is InChI=1S/C21H22F3N3O2/c1-3-20(16-7-5-4-6-8-16)18(28)27(19(29)25-20)14-26(2)13-15-9-11-17(12-10-15)21(22,23)24/h4-12H,3,13-14H2,1-2H3,(H,25,29)/p+1/t20-/m1/s1. The van der Waals surface area contributed by atoms with Crippen LogP contribution in [0, 0.1) is 0 Å². The predicted molar refractivity (Wildman–Crippen MR) is 101 cm³/mol. The van der Waals surface area contributed by atoms with Gasteiger partial charge in [-0.2, -0.15) is 13.2 Å². The fourth-order valence-electron chi connectivity index (χ4n) is 3.62. The number of urea groups is 1. The summed E-state index contributed by atoms with van der Waals surface area (Å²) in [6.07, 6.45) is -3.96. The number of rotatable bonds is 6. The van der Waals surface area contributed by atoms with Gasteiger partial charge in [0.15, 0.2) is 6.67 Å². The van der Waals surface area contributed by atoms with E-state index >= 15 is 0 Å². The lowest BCUT2D eigenvalue weighted by Gasteiger charge is -2.26. The van der Waals surface area contributed by atoms with Gasteiger partial charge in [-0.1, -0.05) is 49.4 Å². The van der Waals surface area contributed by atoms with Crippen molar-refractivity contribution in [3.8, 4) is 0 Å². The van der Waals surface area contributed by atoms with E-state index < -0.39 is 23.3 Å². The Kier molecular flexibility index (Phi) is 5.66. The van der Waals surface area contributed by atoms with Crippen LogP contribution in [0.4, 0.5) is 18.0 Å². The van der Waals surface area contributed by atoms with Gasteiger partial charge in [0, 0.05) is 5.56 Å². The Morgan fingerprint density at radius 1 is 1.03 bits per heavy atom. The average Bonchev–Trinajstić information content (AvgIpc) is 2.93. The van der Waals surface area contributed by atoms with Crippen molar-refractivity contribution in [3.05, 3.63) is 71.3 Å². The van der Waals surface area contributed by atoms with Crippen molar-refractivity contribution in [3.63, 3.8) is 0 Å². The van der Waals surface area contributed by atoms with Crippen molar-refractivity contribution in [2.24, 2.45) is 0 Å². The zero-order chi connectivity index (χ0) is 21.2. The van der Waals surface area contributed by atoms with Crippen LogP contribution in [-0.2, 0) is 23.1 Å². The number of hydrogen-bond donors (Lipinski definition) is 2. The Bertz CT molecular complexity index is 884. The van der Waals surface area contributed by atoms with Crippen LogP contribution in [0.15, 0.2) is 54.6 Å². The number of carbonyl (C=O) groups is 2. The maximum absolute atomic E-state index is 13.1. The third-order valence-corrected chi connectivity index (χ3v) is 5.19. The summed E-state index contributed by atoms with van der Waals surface area (Å²) in [6.45, 7) is 2.33. The zero-order valence-electron chi connectivity index (χ0n) is 16.2. The smallest absolute Gasteiger partial charge is 0.319 e. The summed E-state index contributed by atoms with van der Waals surface area (Å²) in [5.74, 6) is -0.317. The molecule has 1 aliphatic rings. The van der Waals surface area contributed by atoms with E-state index in [-0.39, 0.29) is 12.6 Å². The molecule has 1 fully saturated rings. The van der Waals surface area contributed by atoms with E-state index in [4.69, 9.17) is 0 Å². The summed E-state index contributed by atoms with van der Waals surface area (Å²) in [5.41, 5.74) is -0.382. The number of benzene rings is 2. The van der Waals surface area contributed by atoms with E-state index in [1.165, 1.54) is 17.0 Å². The summed E-state index contributed by atoms with van der Waals surface area (Å²) in [7, 11) is 1.78. The molecule has 3 rings (SSSR count). The van der Waals surface area contributed by atoms with Crippen molar-refractivity contribution >= 4 is 11.9 Å². The Morgan fingerprint density at radius 3 is 2.21 bits per heavy atom. The molecule has 0 bridgehead atoms. The Morgan fingerprint density at radius 2 is 1.66 bits per heavy atom. The number of halogens is 3. The molecule has 0 radical (unpaired) electrons. The predicted octanol–water partition coefficient (Wildman–Crippen LogP) is 2.53. The molecule has 1 aliphatic heterocycles. The number of carbonyl (C=O) groups excluding carboxylic acids is 2. The molecular formula is C21H23F3N3O2+. The molecule has 8 heteroatoms. The quantitative estimate of drug-likeness (QED) is 0.725. The van der Waals surface area contributed by atoms with Gasteiger partial charge in [-0.25, -0.2) is 9.69 Å². The Hall–Kier alpha value is -2.87. The molecule has 0 saturated carbocycles. The topological polar surface area (TPSA) is 53.9 Å². The van der Waals surface area contributed by atoms with Crippen LogP contribution in [0.3, 0.4) is 0 Å². The van der Waals surface area contributed by atoms with Gasteiger partial charge in [-0.05, 0) is 24.1 Å². The first-order chi connectivity index (χ1) is 13.7. The fraction of sp³-hybridized carbons (Fsp3) is 0.333. The number of amides is 3. The summed E-state index contributed by atoms with van der Waals surface area (Å²) < 4.78 is 38.1. The van der Waals surface area contributed by atoms with E-state index in [2.05, 4.69) is 5.32 Å². The highest BCUT2D eigenvalue weighted by atomic mass is 19.4. The molecule has 1 unspecified atom stereocenters. The second-order valence-corrected chi connectivity index (χ2v) is 7.27. The maximum Gasteiger partial charge on any atom is 0.416 e. The van der Waals surface area contributed by atoms with E-state index in [0.29, 0.717) is 18.5 Å². The summed E-state index contributed by atoms with van der Waals surface area (Å²) in [4.78, 5) is 27.6. The fourth-order valence-corrected chi connectivity index (χ4v) is 3.62. The SMILES string of the molecule is CC[C@]1(c2ccccc2)NC(=O)N(C[NH+](C)Cc2ccc(C(F)(F)F)cc2)C1=O. The number of quaternary nitrogens is 1. The number of nitrogens with zero attached hydrogens (tertiary/aromatic N) is 1. The molecule has 154 valence electrons. The Balaban J connectivity index is 1.71.